The van der Waals surface area contributed by atoms with Crippen LogP contribution < -0.4 is 10.5 Å². The molecule has 4 atom stereocenters. The van der Waals surface area contributed by atoms with Crippen molar-refractivity contribution in [2.45, 2.75) is 24.5 Å². The summed E-state index contributed by atoms with van der Waals surface area (Å²) in [5.41, 5.74) is 2.08. The van der Waals surface area contributed by atoms with E-state index in [1.807, 2.05) is 0 Å². The molecule has 1 aromatic carbocycles. The maximum absolute atomic E-state index is 13.7. The number of ketones is 2. The van der Waals surface area contributed by atoms with Gasteiger partial charge >= 0.3 is 0 Å². The summed E-state index contributed by atoms with van der Waals surface area (Å²) in [5.74, 6) is -6.00. The highest BCUT2D eigenvalue weighted by atomic mass is 16.5. The quantitative estimate of drug-likeness (QED) is 0.328. The molecule has 35 heavy (non-hydrogen) atoms. The van der Waals surface area contributed by atoms with Crippen molar-refractivity contribution in [2.75, 3.05) is 28.3 Å². The van der Waals surface area contributed by atoms with E-state index in [0.29, 0.717) is 11.8 Å². The van der Waals surface area contributed by atoms with Gasteiger partial charge in [-0.15, -0.1) is 0 Å². The summed E-state index contributed by atoms with van der Waals surface area (Å²) >= 11 is 0. The van der Waals surface area contributed by atoms with E-state index in [2.05, 4.69) is 0 Å². The van der Waals surface area contributed by atoms with Crippen LogP contribution in [-0.2, 0) is 20.7 Å². The average Bonchev–Trinajstić information content (AvgIpc) is 2.79. The number of nitrogens with two attached hydrogens (primary N) is 1. The Morgan fingerprint density at radius 1 is 1.23 bits per heavy atom. The molecule has 0 heterocycles. The second-order valence-electron chi connectivity index (χ2n) is 9.14. The number of carbonyl (C=O) groups is 4. The molecule has 1 aromatic rings. The second kappa shape index (κ2) is 8.21. The summed E-state index contributed by atoms with van der Waals surface area (Å²) < 4.78 is 10.8. The number of hydrogen-bond donors (Lipinski definition) is 4. The van der Waals surface area contributed by atoms with Crippen molar-refractivity contribution < 1.29 is 44.0 Å². The molecule has 0 aliphatic heterocycles. The fourth-order valence-corrected chi connectivity index (χ4v) is 5.82. The van der Waals surface area contributed by atoms with Gasteiger partial charge in [-0.25, -0.2) is 0 Å². The third kappa shape index (κ3) is 3.11. The predicted molar refractivity (Wildman–Crippen MR) is 120 cm³/mol. The zero-order valence-electron chi connectivity index (χ0n) is 19.6. The first kappa shape index (κ1) is 24.4. The maximum atomic E-state index is 13.7. The highest BCUT2D eigenvalue weighted by molar-refractivity contribution is 6.25. The number of Topliss-reactive ketones (excluding diaryl/α,β-unsaturated/α-hetero) is 2. The molecule has 186 valence electrons. The summed E-state index contributed by atoms with van der Waals surface area (Å²) in [4.78, 5) is 52.3. The number of aliphatic hydroxyl groups is 2. The lowest BCUT2D eigenvalue weighted by Gasteiger charge is -2.50. The molecular formula is C24H26N2O9. The van der Waals surface area contributed by atoms with Gasteiger partial charge in [0, 0.05) is 17.1 Å². The topological polar surface area (TPSA) is 177 Å². The van der Waals surface area contributed by atoms with E-state index in [0.717, 1.165) is 0 Å². The first-order valence-corrected chi connectivity index (χ1v) is 10.8. The van der Waals surface area contributed by atoms with Gasteiger partial charge in [-0.2, -0.15) is 0 Å². The number of primary amides is 1. The molecule has 0 spiro atoms. The largest absolute Gasteiger partial charge is 0.510 e. The number of methoxy groups -OCH3 is 2. The zero-order chi connectivity index (χ0) is 26.0. The Morgan fingerprint density at radius 2 is 1.89 bits per heavy atom. The number of phenolic OH excluding ortho intramolecular Hbond substituents is 1. The molecule has 0 radical (unpaired) electrons. The van der Waals surface area contributed by atoms with Crippen molar-refractivity contribution in [1.82, 2.24) is 4.90 Å². The Kier molecular flexibility index (Phi) is 5.73. The average molecular weight is 486 g/mol. The normalized spacial score (nSPS) is 27.9. The molecule has 0 unspecified atom stereocenters. The van der Waals surface area contributed by atoms with E-state index in [-0.39, 0.29) is 41.1 Å². The molecule has 0 aromatic heterocycles. The summed E-state index contributed by atoms with van der Waals surface area (Å²) in [6, 6.07) is 0.344. The van der Waals surface area contributed by atoms with E-state index in [1.165, 1.54) is 20.3 Å². The molecule has 11 heteroatoms. The maximum Gasteiger partial charge on any atom is 0.255 e. The van der Waals surface area contributed by atoms with E-state index < -0.39 is 58.0 Å². The minimum absolute atomic E-state index is 0.0495. The number of aldehydes is 1. The Balaban J connectivity index is 2.03. The van der Waals surface area contributed by atoms with Crippen LogP contribution in [0.15, 0.2) is 28.7 Å². The fraction of sp³-hybridized carbons (Fsp3) is 0.417. The van der Waals surface area contributed by atoms with Gasteiger partial charge in [-0.05, 0) is 38.9 Å². The molecule has 0 fully saturated rings. The second-order valence-corrected chi connectivity index (χ2v) is 9.14. The van der Waals surface area contributed by atoms with Crippen LogP contribution in [0.2, 0.25) is 0 Å². The number of allylic oxidation sites excluding steroid dienone is 1. The van der Waals surface area contributed by atoms with Crippen molar-refractivity contribution in [3.63, 3.8) is 0 Å². The van der Waals surface area contributed by atoms with E-state index in [9.17, 15) is 34.5 Å². The number of fused-ring (bicyclic) bond motifs is 3. The molecule has 3 aliphatic rings. The monoisotopic (exact) mass is 486 g/mol. The number of rotatable bonds is 5. The minimum atomic E-state index is -2.48. The molecule has 0 saturated carbocycles. The Morgan fingerprint density at radius 3 is 2.40 bits per heavy atom. The Bertz CT molecular complexity index is 1250. The van der Waals surface area contributed by atoms with E-state index in [1.54, 1.807) is 19.0 Å². The van der Waals surface area contributed by atoms with Crippen LogP contribution in [0, 0.1) is 11.8 Å². The summed E-state index contributed by atoms with van der Waals surface area (Å²) in [6.45, 7) is 0. The number of aromatic hydroxyl groups is 1. The Hall–Kier alpha value is -3.70. The van der Waals surface area contributed by atoms with Gasteiger partial charge in [0.2, 0.25) is 5.78 Å². The first-order valence-electron chi connectivity index (χ1n) is 10.8. The number of benzene rings is 1. The van der Waals surface area contributed by atoms with Gasteiger partial charge < -0.3 is 30.5 Å². The number of nitrogens with zero attached hydrogens (tertiary/aromatic N) is 1. The van der Waals surface area contributed by atoms with Crippen molar-refractivity contribution in [3.05, 3.63) is 45.4 Å². The van der Waals surface area contributed by atoms with Crippen molar-refractivity contribution >= 4 is 23.8 Å². The third-order valence-electron chi connectivity index (χ3n) is 7.24. The number of carbonyl (C=O) groups excluding carboxylic acids is 4. The minimum Gasteiger partial charge on any atom is -0.510 e. The van der Waals surface area contributed by atoms with Crippen LogP contribution in [0.25, 0.3) is 0 Å². The molecule has 0 bridgehead atoms. The first-order chi connectivity index (χ1) is 16.4. The molecular weight excluding hydrogens is 460 g/mol. The molecule has 0 saturated heterocycles. The summed E-state index contributed by atoms with van der Waals surface area (Å²) in [5, 5.41) is 33.4. The van der Waals surface area contributed by atoms with Crippen LogP contribution in [0.5, 0.6) is 11.5 Å². The van der Waals surface area contributed by atoms with Crippen molar-refractivity contribution in [3.8, 4) is 11.5 Å². The SMILES string of the molecule is COC1=C2C(=O)c3c(O)c(C=O)cc(OC)c3C[C@H]2C[C@H]2[C@H](N(C)C)C(O)=C(C(N)=O)C(=O)[C@@]12O. The number of hydrogen-bond acceptors (Lipinski definition) is 10. The highest BCUT2D eigenvalue weighted by Gasteiger charge is 2.63. The Labute approximate surface area is 200 Å². The predicted octanol–water partition coefficient (Wildman–Crippen LogP) is 0.0301. The molecule has 5 N–H and O–H groups in total. The molecule has 4 rings (SSSR count). The van der Waals surface area contributed by atoms with Gasteiger partial charge in [0.25, 0.3) is 5.91 Å². The van der Waals surface area contributed by atoms with Crippen LogP contribution in [0.3, 0.4) is 0 Å². The van der Waals surface area contributed by atoms with Crippen LogP contribution >= 0.6 is 0 Å². The molecule has 1 amide bonds. The number of likely N-dealkylation sites (N-methyl/N-ethyl adjacent to an activating group) is 1. The number of amides is 1. The number of aliphatic hydroxyl groups excluding tert-OH is 1. The zero-order valence-corrected chi connectivity index (χ0v) is 19.6. The van der Waals surface area contributed by atoms with Crippen LogP contribution in [0.4, 0.5) is 0 Å². The standard InChI is InChI=1S/C24H26N2O9/c1-26(2)17-12-6-9-5-11-13(34-3)7-10(8-27)18(28)15(11)19(29)14(9)22(35-4)24(12,33)21(31)16(20(17)30)23(25)32/h7-9,12,17,28,30,33H,5-6H2,1-4H3,(H2,25,32)/t9-,12-,17-,24+/m0/s1. The number of ether oxygens (including phenoxy) is 2. The van der Waals surface area contributed by atoms with Crippen molar-refractivity contribution in [1.29, 1.82) is 0 Å². The highest BCUT2D eigenvalue weighted by Crippen LogP contribution is 2.54. The van der Waals surface area contributed by atoms with Gasteiger partial charge in [0.15, 0.2) is 17.7 Å². The summed E-state index contributed by atoms with van der Waals surface area (Å²) in [6.07, 6.45) is 0.591. The van der Waals surface area contributed by atoms with Gasteiger partial charge in [-0.1, -0.05) is 0 Å². The van der Waals surface area contributed by atoms with Gasteiger partial charge in [-0.3, -0.25) is 24.1 Å². The number of phenols is 1. The lowest BCUT2D eigenvalue weighted by atomic mass is 9.58. The van der Waals surface area contributed by atoms with Crippen molar-refractivity contribution in [2.24, 2.45) is 17.6 Å². The summed E-state index contributed by atoms with van der Waals surface area (Å²) in [7, 11) is 5.74. The smallest absolute Gasteiger partial charge is 0.255 e. The third-order valence-corrected chi connectivity index (χ3v) is 7.24. The van der Waals surface area contributed by atoms with Gasteiger partial charge in [0.05, 0.1) is 31.4 Å². The lowest BCUT2D eigenvalue weighted by molar-refractivity contribution is -0.149. The lowest BCUT2D eigenvalue weighted by Crippen LogP contribution is -2.64. The molecule has 3 aliphatic carbocycles. The van der Waals surface area contributed by atoms with Gasteiger partial charge in [0.1, 0.15) is 28.6 Å². The van der Waals surface area contributed by atoms with E-state index in [4.69, 9.17) is 15.2 Å². The van der Waals surface area contributed by atoms with E-state index >= 15 is 0 Å². The fourth-order valence-electron chi connectivity index (χ4n) is 5.82. The van der Waals surface area contributed by atoms with Crippen LogP contribution in [0.1, 0.15) is 32.7 Å². The van der Waals surface area contributed by atoms with Crippen LogP contribution in [-0.4, -0.2) is 83.9 Å². The molecule has 11 nitrogen and oxygen atoms in total.